The van der Waals surface area contributed by atoms with Crippen molar-refractivity contribution in [2.24, 2.45) is 0 Å². The van der Waals surface area contributed by atoms with Gasteiger partial charge in [0.2, 0.25) is 0 Å². The van der Waals surface area contributed by atoms with E-state index in [0.717, 1.165) is 0 Å². The summed E-state index contributed by atoms with van der Waals surface area (Å²) in [6, 6.07) is 0. The molecule has 22 heavy (non-hydrogen) atoms. The maximum atomic E-state index is 11.7. The van der Waals surface area contributed by atoms with Crippen molar-refractivity contribution in [1.82, 2.24) is 9.55 Å². The Morgan fingerprint density at radius 2 is 2.09 bits per heavy atom. The molecule has 2 atom stereocenters. The Bertz CT molecular complexity index is 655. The molecule has 3 N–H and O–H groups in total. The molecule has 112 valence electrons. The monoisotopic (exact) mass is 352 g/mol. The Morgan fingerprint density at radius 3 is 2.68 bits per heavy atom. The standard InChI is InChI=1S/C10H15N2O7P.2Na/c1-6-3-12(10(14)11-9(6)13)8-2-7(4-18-8)19-5-20(15,16)17;;/h3,7-8H,2,4-5H2,1H3,(H,11,13,14)(H2,15,16,17);;/q;2*+1. The molecule has 9 nitrogen and oxygen atoms in total. The zero-order chi connectivity index (χ0) is 14.9. The number of rotatable bonds is 4. The van der Waals surface area contributed by atoms with Crippen LogP contribution < -0.4 is 70.4 Å². The van der Waals surface area contributed by atoms with Crippen molar-refractivity contribution in [2.45, 2.75) is 25.7 Å². The molecule has 2 heterocycles. The van der Waals surface area contributed by atoms with Gasteiger partial charge in [0, 0.05) is 18.2 Å². The van der Waals surface area contributed by atoms with Gasteiger partial charge in [-0.15, -0.1) is 0 Å². The minimum Gasteiger partial charge on any atom is -0.363 e. The molecule has 0 aliphatic carbocycles. The van der Waals surface area contributed by atoms with E-state index in [-0.39, 0.29) is 72.1 Å². The van der Waals surface area contributed by atoms with Crippen molar-refractivity contribution >= 4 is 7.60 Å². The molecule has 1 aromatic rings. The second-order valence-electron chi connectivity index (χ2n) is 4.58. The molecular formula is C10H15N2Na2O7P+2. The van der Waals surface area contributed by atoms with Crippen LogP contribution in [0.2, 0.25) is 0 Å². The molecule has 0 saturated carbocycles. The predicted octanol–water partition coefficient (Wildman–Crippen LogP) is -6.71. The van der Waals surface area contributed by atoms with E-state index in [1.807, 2.05) is 0 Å². The summed E-state index contributed by atoms with van der Waals surface area (Å²) in [6.07, 6.45) is -0.165. The van der Waals surface area contributed by atoms with Gasteiger partial charge in [-0.2, -0.15) is 0 Å². The molecule has 2 unspecified atom stereocenters. The summed E-state index contributed by atoms with van der Waals surface area (Å²) < 4.78 is 22.3. The summed E-state index contributed by atoms with van der Waals surface area (Å²) in [4.78, 5) is 42.5. The number of aryl methyl sites for hydroxylation is 1. The third-order valence-electron chi connectivity index (χ3n) is 2.87. The van der Waals surface area contributed by atoms with Gasteiger partial charge in [0.15, 0.2) is 0 Å². The SMILES string of the molecule is Cc1cn(C2CC(OCP(=O)(O)O)CO2)c(=O)[nH]c1=O.[Na+].[Na+]. The van der Waals surface area contributed by atoms with Crippen molar-refractivity contribution in [1.29, 1.82) is 0 Å². The summed E-state index contributed by atoms with van der Waals surface area (Å²) in [5, 5.41) is 0. The summed E-state index contributed by atoms with van der Waals surface area (Å²) >= 11 is 0. The Balaban J connectivity index is 0.00000220. The van der Waals surface area contributed by atoms with E-state index in [1.165, 1.54) is 10.8 Å². The maximum absolute atomic E-state index is 11.7. The molecule has 0 aromatic carbocycles. The van der Waals surface area contributed by atoms with Gasteiger partial charge in [-0.1, -0.05) is 0 Å². The minimum atomic E-state index is -4.23. The van der Waals surface area contributed by atoms with Crippen molar-refractivity contribution < 1.29 is 82.9 Å². The molecule has 2 rings (SSSR count). The van der Waals surface area contributed by atoms with Crippen LogP contribution >= 0.6 is 7.60 Å². The second kappa shape index (κ2) is 9.29. The number of nitrogens with zero attached hydrogens (tertiary/aromatic N) is 1. The van der Waals surface area contributed by atoms with Gasteiger partial charge in [0.25, 0.3) is 5.56 Å². The molecular weight excluding hydrogens is 337 g/mol. The van der Waals surface area contributed by atoms with Gasteiger partial charge in [0.05, 0.1) is 12.7 Å². The maximum Gasteiger partial charge on any atom is 1.00 e. The average molecular weight is 352 g/mol. The van der Waals surface area contributed by atoms with Crippen LogP contribution in [0.25, 0.3) is 0 Å². The van der Waals surface area contributed by atoms with Crippen molar-refractivity contribution in [2.75, 3.05) is 13.0 Å². The molecule has 1 aliphatic rings. The quantitative estimate of drug-likeness (QED) is 0.363. The average Bonchev–Trinajstić information content (AvgIpc) is 2.79. The number of aromatic amines is 1. The van der Waals surface area contributed by atoms with Gasteiger partial charge >= 0.3 is 72.4 Å². The van der Waals surface area contributed by atoms with Crippen molar-refractivity contribution in [3.8, 4) is 0 Å². The van der Waals surface area contributed by atoms with Crippen molar-refractivity contribution in [3.05, 3.63) is 32.6 Å². The zero-order valence-corrected chi connectivity index (χ0v) is 17.6. The Kier molecular flexibility index (Phi) is 9.61. The normalized spacial score (nSPS) is 21.0. The number of aromatic nitrogens is 2. The van der Waals surface area contributed by atoms with Crippen LogP contribution in [0, 0.1) is 6.92 Å². The third kappa shape index (κ3) is 6.33. The van der Waals surface area contributed by atoms with Crippen LogP contribution in [0.1, 0.15) is 18.2 Å². The van der Waals surface area contributed by atoms with Gasteiger partial charge in [-0.05, 0) is 6.92 Å². The van der Waals surface area contributed by atoms with E-state index in [1.54, 1.807) is 6.92 Å². The summed E-state index contributed by atoms with van der Waals surface area (Å²) in [7, 11) is -4.23. The molecule has 0 amide bonds. The molecule has 1 aromatic heterocycles. The first kappa shape index (κ1) is 22.8. The van der Waals surface area contributed by atoms with Gasteiger partial charge in [-0.25, -0.2) is 4.79 Å². The first-order valence-electron chi connectivity index (χ1n) is 5.86. The summed E-state index contributed by atoms with van der Waals surface area (Å²) in [5.74, 6) is 0. The van der Waals surface area contributed by atoms with Crippen LogP contribution in [0.4, 0.5) is 0 Å². The fourth-order valence-electron chi connectivity index (χ4n) is 1.89. The predicted molar refractivity (Wildman–Crippen MR) is 67.4 cm³/mol. The van der Waals surface area contributed by atoms with E-state index in [4.69, 9.17) is 19.3 Å². The first-order valence-corrected chi connectivity index (χ1v) is 7.66. The number of hydrogen-bond donors (Lipinski definition) is 3. The van der Waals surface area contributed by atoms with Crippen LogP contribution in [0.5, 0.6) is 0 Å². The van der Waals surface area contributed by atoms with Gasteiger partial charge < -0.3 is 19.3 Å². The smallest absolute Gasteiger partial charge is 0.363 e. The van der Waals surface area contributed by atoms with Crippen LogP contribution in [-0.2, 0) is 14.0 Å². The largest absolute Gasteiger partial charge is 1.00 e. The number of nitrogens with one attached hydrogen (secondary N) is 1. The van der Waals surface area contributed by atoms with Gasteiger partial charge in [0.1, 0.15) is 12.6 Å². The Labute approximate surface area is 170 Å². The zero-order valence-electron chi connectivity index (χ0n) is 12.7. The molecule has 12 heteroatoms. The molecule has 0 spiro atoms. The van der Waals surface area contributed by atoms with E-state index in [2.05, 4.69) is 4.98 Å². The topological polar surface area (TPSA) is 131 Å². The molecule has 1 fully saturated rings. The molecule has 0 radical (unpaired) electrons. The van der Waals surface area contributed by atoms with Crippen LogP contribution in [-0.4, -0.2) is 38.4 Å². The van der Waals surface area contributed by atoms with Crippen LogP contribution in [0.15, 0.2) is 15.8 Å². The summed E-state index contributed by atoms with van der Waals surface area (Å²) in [6.45, 7) is 1.68. The Hall–Kier alpha value is 0.750. The van der Waals surface area contributed by atoms with E-state index in [9.17, 15) is 14.2 Å². The fourth-order valence-corrected chi connectivity index (χ4v) is 2.30. The van der Waals surface area contributed by atoms with E-state index in [0.29, 0.717) is 5.56 Å². The van der Waals surface area contributed by atoms with Crippen molar-refractivity contribution in [3.63, 3.8) is 0 Å². The third-order valence-corrected chi connectivity index (χ3v) is 3.36. The second-order valence-corrected chi connectivity index (χ2v) is 6.17. The molecule has 1 aliphatic heterocycles. The van der Waals surface area contributed by atoms with Crippen LogP contribution in [0.3, 0.4) is 0 Å². The molecule has 0 bridgehead atoms. The Morgan fingerprint density at radius 1 is 1.45 bits per heavy atom. The van der Waals surface area contributed by atoms with E-state index < -0.39 is 37.5 Å². The number of H-pyrrole nitrogens is 1. The molecule has 1 saturated heterocycles. The first-order chi connectivity index (χ1) is 9.26. The fraction of sp³-hybridized carbons (Fsp3) is 0.600. The minimum absolute atomic E-state index is 0. The number of hydrogen-bond acceptors (Lipinski definition) is 5. The van der Waals surface area contributed by atoms with E-state index >= 15 is 0 Å². The van der Waals surface area contributed by atoms with Gasteiger partial charge in [-0.3, -0.25) is 18.9 Å². The number of ether oxygens (including phenoxy) is 2. The summed E-state index contributed by atoms with van der Waals surface area (Å²) in [5.41, 5.74) is -0.687.